The third-order valence-electron chi connectivity index (χ3n) is 9.73. The minimum absolute atomic E-state index is 0.696. The highest BCUT2D eigenvalue weighted by molar-refractivity contribution is 6.14. The SMILES string of the molecule is c1ccc(-c2cc(-c3cc4c5ccccc5n(-c5ccccc5)c4cc3-n3c4ccccc4c4ccccc43)nc(-c3ccccc3)n2)cc1. The Labute approximate surface area is 289 Å². The van der Waals surface area contributed by atoms with Crippen LogP contribution < -0.4 is 0 Å². The zero-order valence-corrected chi connectivity index (χ0v) is 27.1. The van der Waals surface area contributed by atoms with Gasteiger partial charge in [0, 0.05) is 43.9 Å². The molecule has 234 valence electrons. The third-order valence-corrected chi connectivity index (χ3v) is 9.73. The molecule has 4 heteroatoms. The van der Waals surface area contributed by atoms with Crippen LogP contribution in [0.4, 0.5) is 0 Å². The van der Waals surface area contributed by atoms with Crippen molar-refractivity contribution in [3.05, 3.63) is 182 Å². The minimum atomic E-state index is 0.696. The fraction of sp³-hybridized carbons (Fsp3) is 0. The number of nitrogens with zero attached hydrogens (tertiary/aromatic N) is 4. The summed E-state index contributed by atoms with van der Waals surface area (Å²) >= 11 is 0. The Balaban J connectivity index is 1.37. The fourth-order valence-electron chi connectivity index (χ4n) is 7.49. The van der Waals surface area contributed by atoms with Gasteiger partial charge >= 0.3 is 0 Å². The van der Waals surface area contributed by atoms with E-state index in [2.05, 4.69) is 167 Å². The van der Waals surface area contributed by atoms with Crippen LogP contribution in [0.25, 0.3) is 88.9 Å². The molecule has 0 radical (unpaired) electrons. The smallest absolute Gasteiger partial charge is 0.160 e. The molecule has 0 bridgehead atoms. The van der Waals surface area contributed by atoms with E-state index in [1.54, 1.807) is 0 Å². The maximum atomic E-state index is 5.35. The van der Waals surface area contributed by atoms with Crippen molar-refractivity contribution in [2.24, 2.45) is 0 Å². The summed E-state index contributed by atoms with van der Waals surface area (Å²) in [5.41, 5.74) is 11.6. The summed E-state index contributed by atoms with van der Waals surface area (Å²) in [5.74, 6) is 0.696. The second-order valence-electron chi connectivity index (χ2n) is 12.6. The maximum absolute atomic E-state index is 5.35. The maximum Gasteiger partial charge on any atom is 0.160 e. The van der Waals surface area contributed by atoms with E-state index in [1.165, 1.54) is 21.5 Å². The van der Waals surface area contributed by atoms with Gasteiger partial charge in [0.1, 0.15) is 0 Å². The molecule has 0 amide bonds. The highest BCUT2D eigenvalue weighted by Crippen LogP contribution is 2.42. The van der Waals surface area contributed by atoms with Crippen molar-refractivity contribution < 1.29 is 0 Å². The van der Waals surface area contributed by atoms with E-state index in [0.29, 0.717) is 5.82 Å². The highest BCUT2D eigenvalue weighted by Gasteiger charge is 2.22. The van der Waals surface area contributed by atoms with E-state index in [1.807, 2.05) is 24.3 Å². The van der Waals surface area contributed by atoms with E-state index in [-0.39, 0.29) is 0 Å². The Kier molecular flexibility index (Phi) is 6.46. The molecule has 3 heterocycles. The van der Waals surface area contributed by atoms with Crippen molar-refractivity contribution >= 4 is 43.6 Å². The van der Waals surface area contributed by atoms with Crippen LogP contribution in [0.2, 0.25) is 0 Å². The molecule has 50 heavy (non-hydrogen) atoms. The molecule has 0 saturated carbocycles. The van der Waals surface area contributed by atoms with Gasteiger partial charge < -0.3 is 9.13 Å². The summed E-state index contributed by atoms with van der Waals surface area (Å²) in [6.45, 7) is 0. The van der Waals surface area contributed by atoms with Gasteiger partial charge in [0.05, 0.1) is 39.1 Å². The van der Waals surface area contributed by atoms with Gasteiger partial charge in [-0.2, -0.15) is 0 Å². The molecule has 10 rings (SSSR count). The second kappa shape index (κ2) is 11.4. The van der Waals surface area contributed by atoms with Gasteiger partial charge in [0.25, 0.3) is 0 Å². The lowest BCUT2D eigenvalue weighted by Gasteiger charge is -2.17. The normalized spacial score (nSPS) is 11.6. The summed E-state index contributed by atoms with van der Waals surface area (Å²) in [6.07, 6.45) is 0. The molecule has 7 aromatic carbocycles. The number of fused-ring (bicyclic) bond motifs is 6. The zero-order chi connectivity index (χ0) is 33.0. The molecule has 0 unspecified atom stereocenters. The Morgan fingerprint density at radius 1 is 0.340 bits per heavy atom. The van der Waals surface area contributed by atoms with Crippen molar-refractivity contribution in [2.45, 2.75) is 0 Å². The topological polar surface area (TPSA) is 35.6 Å². The van der Waals surface area contributed by atoms with E-state index in [0.717, 1.165) is 61.5 Å². The molecule has 0 N–H and O–H groups in total. The molecule has 4 nitrogen and oxygen atoms in total. The van der Waals surface area contributed by atoms with E-state index in [9.17, 15) is 0 Å². The van der Waals surface area contributed by atoms with E-state index >= 15 is 0 Å². The highest BCUT2D eigenvalue weighted by atomic mass is 15.0. The van der Waals surface area contributed by atoms with Gasteiger partial charge in [-0.3, -0.25) is 0 Å². The number of hydrogen-bond acceptors (Lipinski definition) is 2. The summed E-state index contributed by atoms with van der Waals surface area (Å²) in [7, 11) is 0. The summed E-state index contributed by atoms with van der Waals surface area (Å²) < 4.78 is 4.80. The van der Waals surface area contributed by atoms with Crippen molar-refractivity contribution in [3.8, 4) is 45.3 Å². The lowest BCUT2D eigenvalue weighted by atomic mass is 10.0. The number of aromatic nitrogens is 4. The average Bonchev–Trinajstić information content (AvgIpc) is 3.70. The van der Waals surface area contributed by atoms with Crippen molar-refractivity contribution in [1.82, 2.24) is 19.1 Å². The molecule has 0 aliphatic heterocycles. The van der Waals surface area contributed by atoms with Gasteiger partial charge in [-0.25, -0.2) is 9.97 Å². The first-order chi connectivity index (χ1) is 24.8. The van der Waals surface area contributed by atoms with Crippen LogP contribution in [-0.2, 0) is 0 Å². The van der Waals surface area contributed by atoms with Crippen LogP contribution >= 0.6 is 0 Å². The molecular formula is C46H30N4. The average molecular weight is 639 g/mol. The minimum Gasteiger partial charge on any atom is -0.309 e. The largest absolute Gasteiger partial charge is 0.309 e. The van der Waals surface area contributed by atoms with Gasteiger partial charge in [0.15, 0.2) is 5.82 Å². The summed E-state index contributed by atoms with van der Waals surface area (Å²) in [4.78, 5) is 10.5. The molecule has 0 aliphatic rings. The van der Waals surface area contributed by atoms with Crippen LogP contribution in [0.5, 0.6) is 0 Å². The lowest BCUT2D eigenvalue weighted by Crippen LogP contribution is -2.02. The Hall–Kier alpha value is -6.78. The van der Waals surface area contributed by atoms with E-state index < -0.39 is 0 Å². The van der Waals surface area contributed by atoms with Crippen molar-refractivity contribution in [1.29, 1.82) is 0 Å². The monoisotopic (exact) mass is 638 g/mol. The molecule has 0 fully saturated rings. The van der Waals surface area contributed by atoms with Crippen LogP contribution in [0, 0.1) is 0 Å². The summed E-state index contributed by atoms with van der Waals surface area (Å²) in [5, 5.41) is 4.80. The molecular weight excluding hydrogens is 609 g/mol. The molecule has 0 saturated heterocycles. The van der Waals surface area contributed by atoms with Gasteiger partial charge in [-0.1, -0.05) is 133 Å². The molecule has 10 aromatic rings. The first-order valence-corrected chi connectivity index (χ1v) is 16.9. The predicted molar refractivity (Wildman–Crippen MR) is 207 cm³/mol. The number of benzene rings is 7. The van der Waals surface area contributed by atoms with Gasteiger partial charge in [-0.15, -0.1) is 0 Å². The molecule has 0 aliphatic carbocycles. The molecule has 0 spiro atoms. The molecule has 3 aromatic heterocycles. The zero-order valence-electron chi connectivity index (χ0n) is 27.1. The Morgan fingerprint density at radius 3 is 1.44 bits per heavy atom. The van der Waals surface area contributed by atoms with Crippen molar-refractivity contribution in [3.63, 3.8) is 0 Å². The predicted octanol–water partition coefficient (Wildman–Crippen LogP) is 11.7. The van der Waals surface area contributed by atoms with Gasteiger partial charge in [-0.05, 0) is 48.5 Å². The number of rotatable bonds is 5. The second-order valence-corrected chi connectivity index (χ2v) is 12.6. The van der Waals surface area contributed by atoms with Crippen molar-refractivity contribution in [2.75, 3.05) is 0 Å². The number of hydrogen-bond donors (Lipinski definition) is 0. The lowest BCUT2D eigenvalue weighted by molar-refractivity contribution is 1.14. The van der Waals surface area contributed by atoms with E-state index in [4.69, 9.17) is 9.97 Å². The van der Waals surface area contributed by atoms with Crippen LogP contribution in [-0.4, -0.2) is 19.1 Å². The van der Waals surface area contributed by atoms with Crippen LogP contribution in [0.3, 0.4) is 0 Å². The first kappa shape index (κ1) is 28.3. The number of para-hydroxylation sites is 4. The fourth-order valence-corrected chi connectivity index (χ4v) is 7.49. The van der Waals surface area contributed by atoms with Crippen LogP contribution in [0.1, 0.15) is 0 Å². The third kappa shape index (κ3) is 4.46. The van der Waals surface area contributed by atoms with Gasteiger partial charge in [0.2, 0.25) is 0 Å². The Morgan fingerprint density at radius 2 is 0.820 bits per heavy atom. The Bertz CT molecular complexity index is 2740. The van der Waals surface area contributed by atoms with Crippen LogP contribution in [0.15, 0.2) is 182 Å². The molecule has 0 atom stereocenters. The summed E-state index contributed by atoms with van der Waals surface area (Å²) in [6, 6.07) is 64.3. The standard InChI is InChI=1S/C46H30N4/c1-4-16-31(17-5-1)39-29-40(48-46(47-39)32-18-6-2-7-19-32)38-28-37-36-24-12-13-25-41(36)49(33-20-8-3-9-21-33)44(37)30-45(38)50-42-26-14-10-22-34(42)35-23-11-15-27-43(35)50/h1-30H. The first-order valence-electron chi connectivity index (χ1n) is 16.9. The quantitative estimate of drug-likeness (QED) is 0.188.